The van der Waals surface area contributed by atoms with E-state index in [1.807, 2.05) is 44.2 Å². The highest BCUT2D eigenvalue weighted by Crippen LogP contribution is 2.20. The van der Waals surface area contributed by atoms with Crippen molar-refractivity contribution in [2.45, 2.75) is 20.4 Å². The van der Waals surface area contributed by atoms with E-state index < -0.39 is 0 Å². The quantitative estimate of drug-likeness (QED) is 0.701. The van der Waals surface area contributed by atoms with Gasteiger partial charge in [0.1, 0.15) is 11.5 Å². The standard InChI is InChI=1S/C20H19ClN4O/c1-13-7-8-17(14(2)9-13)25-19-12-22-18(11-23-19)20(26)24-10-15-5-3-4-6-16(15)21/h3-9,11-12H,10H2,1-2H3,(H,23,25)(H,24,26). The molecule has 132 valence electrons. The summed E-state index contributed by atoms with van der Waals surface area (Å²) in [6.45, 7) is 4.41. The van der Waals surface area contributed by atoms with E-state index in [1.54, 1.807) is 12.3 Å². The lowest BCUT2D eigenvalue weighted by Gasteiger charge is -2.10. The predicted molar refractivity (Wildman–Crippen MR) is 104 cm³/mol. The van der Waals surface area contributed by atoms with Gasteiger partial charge >= 0.3 is 0 Å². The summed E-state index contributed by atoms with van der Waals surface area (Å²) in [5.74, 6) is 0.287. The van der Waals surface area contributed by atoms with Crippen LogP contribution in [0.5, 0.6) is 0 Å². The number of hydrogen-bond acceptors (Lipinski definition) is 4. The number of carbonyl (C=O) groups is 1. The molecule has 0 radical (unpaired) electrons. The molecule has 1 aromatic heterocycles. The number of benzene rings is 2. The summed E-state index contributed by atoms with van der Waals surface area (Å²) in [5, 5.41) is 6.62. The number of nitrogens with one attached hydrogen (secondary N) is 2. The van der Waals surface area contributed by atoms with Crippen molar-refractivity contribution in [3.05, 3.63) is 82.3 Å². The molecule has 1 amide bonds. The summed E-state index contributed by atoms with van der Waals surface area (Å²) in [7, 11) is 0. The maximum Gasteiger partial charge on any atom is 0.271 e. The molecule has 0 bridgehead atoms. The summed E-state index contributed by atoms with van der Waals surface area (Å²) >= 11 is 6.09. The fourth-order valence-corrected chi connectivity index (χ4v) is 2.71. The number of aryl methyl sites for hydroxylation is 2. The molecular weight excluding hydrogens is 348 g/mol. The number of halogens is 1. The molecule has 0 spiro atoms. The second-order valence-corrected chi connectivity index (χ2v) is 6.41. The molecule has 0 saturated heterocycles. The Morgan fingerprint density at radius 2 is 1.88 bits per heavy atom. The number of aromatic nitrogens is 2. The van der Waals surface area contributed by atoms with E-state index in [-0.39, 0.29) is 11.6 Å². The normalized spacial score (nSPS) is 10.4. The van der Waals surface area contributed by atoms with Gasteiger partial charge in [-0.05, 0) is 37.1 Å². The average molecular weight is 367 g/mol. The van der Waals surface area contributed by atoms with Gasteiger partial charge in [-0.1, -0.05) is 47.5 Å². The Morgan fingerprint density at radius 3 is 2.58 bits per heavy atom. The third kappa shape index (κ3) is 4.37. The van der Waals surface area contributed by atoms with Crippen LogP contribution in [0, 0.1) is 13.8 Å². The van der Waals surface area contributed by atoms with Crippen LogP contribution in [0.1, 0.15) is 27.2 Å². The molecule has 2 N–H and O–H groups in total. The second-order valence-electron chi connectivity index (χ2n) is 6.00. The molecule has 0 aliphatic rings. The molecule has 0 aliphatic heterocycles. The van der Waals surface area contributed by atoms with Crippen LogP contribution in [0.15, 0.2) is 54.9 Å². The van der Waals surface area contributed by atoms with Crippen molar-refractivity contribution in [2.75, 3.05) is 5.32 Å². The maximum atomic E-state index is 12.2. The smallest absolute Gasteiger partial charge is 0.271 e. The molecule has 6 heteroatoms. The van der Waals surface area contributed by atoms with Gasteiger partial charge in [-0.2, -0.15) is 0 Å². The van der Waals surface area contributed by atoms with Gasteiger partial charge < -0.3 is 10.6 Å². The Balaban J connectivity index is 1.63. The lowest BCUT2D eigenvalue weighted by molar-refractivity contribution is 0.0945. The van der Waals surface area contributed by atoms with Crippen LogP contribution >= 0.6 is 11.6 Å². The van der Waals surface area contributed by atoms with Gasteiger partial charge in [0.2, 0.25) is 0 Å². The first-order chi connectivity index (χ1) is 12.5. The highest BCUT2D eigenvalue weighted by atomic mass is 35.5. The van der Waals surface area contributed by atoms with Crippen molar-refractivity contribution in [3.63, 3.8) is 0 Å². The summed E-state index contributed by atoms with van der Waals surface area (Å²) in [6.07, 6.45) is 3.00. The maximum absolute atomic E-state index is 12.2. The van der Waals surface area contributed by atoms with E-state index in [9.17, 15) is 4.79 Å². The number of anilines is 2. The summed E-state index contributed by atoms with van der Waals surface area (Å²) in [4.78, 5) is 20.7. The van der Waals surface area contributed by atoms with E-state index in [0.717, 1.165) is 16.8 Å². The molecule has 26 heavy (non-hydrogen) atoms. The molecule has 0 unspecified atom stereocenters. The van der Waals surface area contributed by atoms with Gasteiger partial charge in [-0.25, -0.2) is 9.97 Å². The van der Waals surface area contributed by atoms with Crippen molar-refractivity contribution in [1.82, 2.24) is 15.3 Å². The Morgan fingerprint density at radius 1 is 1.08 bits per heavy atom. The minimum Gasteiger partial charge on any atom is -0.347 e. The van der Waals surface area contributed by atoms with Gasteiger partial charge in [0, 0.05) is 17.3 Å². The van der Waals surface area contributed by atoms with E-state index in [4.69, 9.17) is 11.6 Å². The van der Waals surface area contributed by atoms with Crippen LogP contribution in [-0.2, 0) is 6.54 Å². The van der Waals surface area contributed by atoms with Crippen molar-refractivity contribution in [3.8, 4) is 0 Å². The Bertz CT molecular complexity index is 925. The SMILES string of the molecule is Cc1ccc(Nc2cnc(C(=O)NCc3ccccc3Cl)cn2)c(C)c1. The van der Waals surface area contributed by atoms with E-state index in [0.29, 0.717) is 17.4 Å². The zero-order valence-corrected chi connectivity index (χ0v) is 15.3. The first kappa shape index (κ1) is 17.9. The van der Waals surface area contributed by atoms with E-state index in [1.165, 1.54) is 11.8 Å². The minimum absolute atomic E-state index is 0.253. The van der Waals surface area contributed by atoms with E-state index >= 15 is 0 Å². The van der Waals surface area contributed by atoms with Crippen LogP contribution in [0.2, 0.25) is 5.02 Å². The van der Waals surface area contributed by atoms with Crippen LogP contribution in [0.25, 0.3) is 0 Å². The third-order valence-electron chi connectivity index (χ3n) is 3.93. The Hall–Kier alpha value is -2.92. The fourth-order valence-electron chi connectivity index (χ4n) is 2.51. The molecule has 0 saturated carbocycles. The third-order valence-corrected chi connectivity index (χ3v) is 4.30. The van der Waals surface area contributed by atoms with Gasteiger partial charge in [-0.15, -0.1) is 0 Å². The summed E-state index contributed by atoms with van der Waals surface area (Å²) in [6, 6.07) is 13.5. The lowest BCUT2D eigenvalue weighted by atomic mass is 10.1. The largest absolute Gasteiger partial charge is 0.347 e. The van der Waals surface area contributed by atoms with Crippen LogP contribution < -0.4 is 10.6 Å². The number of carbonyl (C=O) groups excluding carboxylic acids is 1. The van der Waals surface area contributed by atoms with Crippen LogP contribution in [0.3, 0.4) is 0 Å². The molecular formula is C20H19ClN4O. The summed E-state index contributed by atoms with van der Waals surface area (Å²) in [5.41, 5.74) is 4.38. The fraction of sp³-hybridized carbons (Fsp3) is 0.150. The first-order valence-electron chi connectivity index (χ1n) is 8.21. The van der Waals surface area contributed by atoms with Gasteiger partial charge in [0.25, 0.3) is 5.91 Å². The molecule has 0 atom stereocenters. The zero-order valence-electron chi connectivity index (χ0n) is 14.6. The lowest BCUT2D eigenvalue weighted by Crippen LogP contribution is -2.24. The van der Waals surface area contributed by atoms with E-state index in [2.05, 4.69) is 26.7 Å². The molecule has 2 aromatic carbocycles. The summed E-state index contributed by atoms with van der Waals surface area (Å²) < 4.78 is 0. The highest BCUT2D eigenvalue weighted by Gasteiger charge is 2.09. The van der Waals surface area contributed by atoms with Crippen molar-refractivity contribution in [2.24, 2.45) is 0 Å². The Labute approximate surface area is 157 Å². The van der Waals surface area contributed by atoms with Crippen LogP contribution in [0.4, 0.5) is 11.5 Å². The average Bonchev–Trinajstić information content (AvgIpc) is 2.64. The first-order valence-corrected chi connectivity index (χ1v) is 8.58. The number of nitrogens with zero attached hydrogens (tertiary/aromatic N) is 2. The molecule has 5 nitrogen and oxygen atoms in total. The second kappa shape index (κ2) is 7.97. The molecule has 1 heterocycles. The van der Waals surface area contributed by atoms with Gasteiger partial charge in [0.05, 0.1) is 12.4 Å². The highest BCUT2D eigenvalue weighted by molar-refractivity contribution is 6.31. The van der Waals surface area contributed by atoms with Crippen LogP contribution in [-0.4, -0.2) is 15.9 Å². The molecule has 3 aromatic rings. The number of amides is 1. The van der Waals surface area contributed by atoms with Gasteiger partial charge in [0.15, 0.2) is 0 Å². The zero-order chi connectivity index (χ0) is 18.5. The molecule has 0 fully saturated rings. The predicted octanol–water partition coefficient (Wildman–Crippen LogP) is 4.42. The van der Waals surface area contributed by atoms with Crippen molar-refractivity contribution < 1.29 is 4.79 Å². The van der Waals surface area contributed by atoms with Crippen molar-refractivity contribution in [1.29, 1.82) is 0 Å². The molecule has 3 rings (SSSR count). The topological polar surface area (TPSA) is 66.9 Å². The van der Waals surface area contributed by atoms with Gasteiger partial charge in [-0.3, -0.25) is 4.79 Å². The molecule has 0 aliphatic carbocycles. The minimum atomic E-state index is -0.296. The Kier molecular flexibility index (Phi) is 5.49. The number of hydrogen-bond donors (Lipinski definition) is 2. The number of rotatable bonds is 5. The van der Waals surface area contributed by atoms with Crippen molar-refractivity contribution >= 4 is 29.0 Å². The monoisotopic (exact) mass is 366 g/mol.